The number of hydrogen-bond donors (Lipinski definition) is 1. The van der Waals surface area contributed by atoms with Crippen molar-refractivity contribution in [3.63, 3.8) is 0 Å². The first-order valence-corrected chi connectivity index (χ1v) is 11.2. The summed E-state index contributed by atoms with van der Waals surface area (Å²) in [5.41, 5.74) is 1.31. The fourth-order valence-electron chi connectivity index (χ4n) is 3.47. The monoisotopic (exact) mass is 400 g/mol. The Morgan fingerprint density at radius 3 is 2.36 bits per heavy atom. The van der Waals surface area contributed by atoms with Crippen molar-refractivity contribution in [3.05, 3.63) is 71.3 Å². The fraction of sp³-hybridized carbons (Fsp3) is 0.333. The molecule has 2 aromatic rings. The molecular weight excluding hydrogens is 376 g/mol. The number of likely N-dealkylation sites (tertiary alicyclic amines) is 1. The largest absolute Gasteiger partial charge is 0.338 e. The van der Waals surface area contributed by atoms with Crippen LogP contribution in [0.4, 0.5) is 0 Å². The maximum Gasteiger partial charge on any atom is 0.254 e. The highest BCUT2D eigenvalue weighted by Crippen LogP contribution is 2.21. The molecule has 0 bridgehead atoms. The number of rotatable bonds is 6. The molecule has 0 aliphatic carbocycles. The third-order valence-electron chi connectivity index (χ3n) is 4.88. The summed E-state index contributed by atoms with van der Waals surface area (Å²) in [6.45, 7) is 1.38. The molecule has 1 fully saturated rings. The summed E-state index contributed by atoms with van der Waals surface area (Å²) in [5, 5.41) is 0. The predicted molar refractivity (Wildman–Crippen MR) is 108 cm³/mol. The summed E-state index contributed by atoms with van der Waals surface area (Å²) < 4.78 is 25.2. The number of nitrogens with zero attached hydrogens (tertiary/aromatic N) is 1. The minimum Gasteiger partial charge on any atom is -0.338 e. The van der Waals surface area contributed by atoms with Gasteiger partial charge in [-0.25, -0.2) is 13.1 Å². The van der Waals surface area contributed by atoms with Gasteiger partial charge in [-0.05, 0) is 24.8 Å². The van der Waals surface area contributed by atoms with E-state index in [4.69, 9.17) is 0 Å². The summed E-state index contributed by atoms with van der Waals surface area (Å²) in [6.07, 6.45) is 2.79. The van der Waals surface area contributed by atoms with Gasteiger partial charge in [-0.15, -0.1) is 0 Å². The van der Waals surface area contributed by atoms with Gasteiger partial charge in [0.05, 0.1) is 11.8 Å². The number of sulfonamides is 1. The van der Waals surface area contributed by atoms with Gasteiger partial charge in [-0.3, -0.25) is 9.59 Å². The molecule has 1 aliphatic rings. The average Bonchev–Trinajstić information content (AvgIpc) is 2.71. The zero-order chi connectivity index (χ0) is 20.1. The molecule has 1 aliphatic heterocycles. The lowest BCUT2D eigenvalue weighted by atomic mass is 9.95. The molecule has 3 rings (SSSR count). The Morgan fingerprint density at radius 1 is 1.04 bits per heavy atom. The second-order valence-electron chi connectivity index (χ2n) is 7.12. The first-order chi connectivity index (χ1) is 13.3. The van der Waals surface area contributed by atoms with Crippen LogP contribution in [0.2, 0.25) is 0 Å². The van der Waals surface area contributed by atoms with Crippen molar-refractivity contribution in [3.8, 4) is 0 Å². The van der Waals surface area contributed by atoms with Crippen molar-refractivity contribution in [2.24, 2.45) is 5.92 Å². The average molecular weight is 401 g/mol. The molecule has 1 heterocycles. The molecule has 0 spiro atoms. The highest BCUT2D eigenvalue weighted by molar-refractivity contribution is 7.88. The third-order valence-corrected chi connectivity index (χ3v) is 5.57. The summed E-state index contributed by atoms with van der Waals surface area (Å²) >= 11 is 0. The molecule has 0 aromatic heterocycles. The molecular formula is C21H24N2O4S. The summed E-state index contributed by atoms with van der Waals surface area (Å²) in [4.78, 5) is 27.7. The Labute approximate surface area is 165 Å². The molecule has 148 valence electrons. The van der Waals surface area contributed by atoms with Gasteiger partial charge in [0, 0.05) is 30.8 Å². The lowest BCUT2D eigenvalue weighted by Gasteiger charge is -2.33. The maximum absolute atomic E-state index is 13.1. The van der Waals surface area contributed by atoms with Crippen molar-refractivity contribution in [1.29, 1.82) is 0 Å². The lowest BCUT2D eigenvalue weighted by Crippen LogP contribution is -2.43. The van der Waals surface area contributed by atoms with Crippen molar-refractivity contribution >= 4 is 21.7 Å². The van der Waals surface area contributed by atoms with E-state index >= 15 is 0 Å². The van der Waals surface area contributed by atoms with E-state index in [0.717, 1.165) is 19.1 Å². The van der Waals surface area contributed by atoms with Gasteiger partial charge in [0.1, 0.15) is 0 Å². The maximum atomic E-state index is 13.1. The van der Waals surface area contributed by atoms with E-state index in [9.17, 15) is 18.0 Å². The SMILES string of the molecule is CS(=O)(=O)NCC1CCCN(C(=O)c2ccccc2C(=O)c2ccccc2)C1. The number of piperidine rings is 1. The topological polar surface area (TPSA) is 83.6 Å². The molecule has 1 amide bonds. The number of benzene rings is 2. The van der Waals surface area contributed by atoms with Gasteiger partial charge < -0.3 is 4.90 Å². The Bertz CT molecular complexity index is 957. The third kappa shape index (κ3) is 5.05. The smallest absolute Gasteiger partial charge is 0.254 e. The number of carbonyl (C=O) groups excluding carboxylic acids is 2. The molecule has 7 heteroatoms. The molecule has 28 heavy (non-hydrogen) atoms. The van der Waals surface area contributed by atoms with Gasteiger partial charge in [-0.2, -0.15) is 0 Å². The Balaban J connectivity index is 1.78. The molecule has 1 N–H and O–H groups in total. The van der Waals surface area contributed by atoms with Crippen molar-refractivity contribution in [2.75, 3.05) is 25.9 Å². The van der Waals surface area contributed by atoms with E-state index in [1.165, 1.54) is 0 Å². The first-order valence-electron chi connectivity index (χ1n) is 9.28. The van der Waals surface area contributed by atoms with Gasteiger partial charge >= 0.3 is 0 Å². The molecule has 1 saturated heterocycles. The van der Waals surface area contributed by atoms with Crippen LogP contribution in [0.5, 0.6) is 0 Å². The van der Waals surface area contributed by atoms with E-state index in [1.54, 1.807) is 53.4 Å². The number of carbonyl (C=O) groups is 2. The molecule has 2 aromatic carbocycles. The van der Waals surface area contributed by atoms with Crippen molar-refractivity contribution in [2.45, 2.75) is 12.8 Å². The molecule has 6 nitrogen and oxygen atoms in total. The van der Waals surface area contributed by atoms with E-state index in [2.05, 4.69) is 4.72 Å². The summed E-state index contributed by atoms with van der Waals surface area (Å²) in [7, 11) is -3.26. The van der Waals surface area contributed by atoms with Crippen LogP contribution in [0.25, 0.3) is 0 Å². The predicted octanol–water partition coefficient (Wildman–Crippen LogP) is 2.32. The van der Waals surface area contributed by atoms with Gasteiger partial charge in [0.25, 0.3) is 5.91 Å². The molecule has 0 radical (unpaired) electrons. The van der Waals surface area contributed by atoms with E-state index in [-0.39, 0.29) is 17.6 Å². The zero-order valence-corrected chi connectivity index (χ0v) is 16.6. The van der Waals surface area contributed by atoms with Crippen LogP contribution in [-0.2, 0) is 10.0 Å². The quantitative estimate of drug-likeness (QED) is 0.755. The first kappa shape index (κ1) is 20.2. The van der Waals surface area contributed by atoms with E-state index in [1.807, 2.05) is 6.07 Å². The Kier molecular flexibility index (Phi) is 6.26. The highest BCUT2D eigenvalue weighted by Gasteiger charge is 2.27. The van der Waals surface area contributed by atoms with E-state index < -0.39 is 10.0 Å². The van der Waals surface area contributed by atoms with Gasteiger partial charge in [0.15, 0.2) is 5.78 Å². The number of hydrogen-bond acceptors (Lipinski definition) is 4. The van der Waals surface area contributed by atoms with Crippen LogP contribution in [-0.4, -0.2) is 50.9 Å². The minimum absolute atomic E-state index is 0.0596. The Morgan fingerprint density at radius 2 is 1.68 bits per heavy atom. The van der Waals surface area contributed by atoms with Crippen LogP contribution < -0.4 is 4.72 Å². The number of nitrogens with one attached hydrogen (secondary N) is 1. The second kappa shape index (κ2) is 8.67. The molecule has 1 unspecified atom stereocenters. The van der Waals surface area contributed by atoms with Crippen molar-refractivity contribution in [1.82, 2.24) is 9.62 Å². The molecule has 1 atom stereocenters. The lowest BCUT2D eigenvalue weighted by molar-refractivity contribution is 0.0673. The number of ketones is 1. The van der Waals surface area contributed by atoms with Crippen LogP contribution in [0.3, 0.4) is 0 Å². The standard InChI is InChI=1S/C21H24N2O4S/c1-28(26,27)22-14-16-8-7-13-23(15-16)21(25)19-12-6-5-11-18(19)20(24)17-9-3-2-4-10-17/h2-6,9-12,16,22H,7-8,13-15H2,1H3. The van der Waals surface area contributed by atoms with Crippen LogP contribution >= 0.6 is 0 Å². The normalized spacial score (nSPS) is 17.3. The number of amides is 1. The Hall–Kier alpha value is -2.51. The highest BCUT2D eigenvalue weighted by atomic mass is 32.2. The van der Waals surface area contributed by atoms with Gasteiger partial charge in [-0.1, -0.05) is 48.5 Å². The second-order valence-corrected chi connectivity index (χ2v) is 8.95. The zero-order valence-electron chi connectivity index (χ0n) is 15.8. The van der Waals surface area contributed by atoms with Crippen molar-refractivity contribution < 1.29 is 18.0 Å². The van der Waals surface area contributed by atoms with Crippen LogP contribution in [0.1, 0.15) is 39.1 Å². The summed E-state index contributed by atoms with van der Waals surface area (Å²) in [6, 6.07) is 15.8. The van der Waals surface area contributed by atoms with Crippen LogP contribution in [0.15, 0.2) is 54.6 Å². The van der Waals surface area contributed by atoms with Crippen LogP contribution in [0, 0.1) is 5.92 Å². The van der Waals surface area contributed by atoms with Gasteiger partial charge in [0.2, 0.25) is 10.0 Å². The summed E-state index contributed by atoms with van der Waals surface area (Å²) in [5.74, 6) is -0.315. The van der Waals surface area contributed by atoms with E-state index in [0.29, 0.717) is 36.3 Å². The fourth-order valence-corrected chi connectivity index (χ4v) is 4.01. The minimum atomic E-state index is -3.26. The molecule has 0 saturated carbocycles.